The van der Waals surface area contributed by atoms with Crippen molar-refractivity contribution in [2.75, 3.05) is 32.7 Å². The topological polar surface area (TPSA) is 53.6 Å². The van der Waals surface area contributed by atoms with Crippen LogP contribution in [0, 0.1) is 11.3 Å². The van der Waals surface area contributed by atoms with E-state index < -0.39 is 0 Å². The number of nitrogens with one attached hydrogen (secondary N) is 2. The highest BCUT2D eigenvalue weighted by molar-refractivity contribution is 5.67. The summed E-state index contributed by atoms with van der Waals surface area (Å²) in [6.07, 6.45) is 5.68. The third-order valence-electron chi connectivity index (χ3n) is 6.38. The average Bonchev–Trinajstić information content (AvgIpc) is 3.14. The van der Waals surface area contributed by atoms with E-state index in [9.17, 15) is 4.79 Å². The summed E-state index contributed by atoms with van der Waals surface area (Å²) in [4.78, 5) is 14.7. The van der Waals surface area contributed by atoms with Crippen LogP contribution in [0.1, 0.15) is 37.7 Å². The lowest BCUT2D eigenvalue weighted by Gasteiger charge is -2.54. The van der Waals surface area contributed by atoms with E-state index in [1.54, 1.807) is 0 Å². The van der Waals surface area contributed by atoms with Crippen LogP contribution in [-0.4, -0.2) is 49.8 Å². The molecule has 3 fully saturated rings. The molecule has 3 aliphatic rings. The van der Waals surface area contributed by atoms with Gasteiger partial charge in [-0.05, 0) is 62.1 Å². The molecule has 2 heterocycles. The molecule has 2 aliphatic heterocycles. The van der Waals surface area contributed by atoms with Crippen LogP contribution in [0.25, 0.3) is 0 Å². The second kappa shape index (κ2) is 7.97. The first-order chi connectivity index (χ1) is 12.7. The first-order valence-electron chi connectivity index (χ1n) is 10.1. The smallest absolute Gasteiger partial charge is 0.407 e. The minimum atomic E-state index is -0.279. The van der Waals surface area contributed by atoms with Crippen LogP contribution in [0.5, 0.6) is 0 Å². The molecule has 142 valence electrons. The summed E-state index contributed by atoms with van der Waals surface area (Å²) in [5.74, 6) is 0.852. The third kappa shape index (κ3) is 4.38. The van der Waals surface area contributed by atoms with Crippen LogP contribution in [0.15, 0.2) is 30.3 Å². The van der Waals surface area contributed by atoms with Crippen LogP contribution in [0.4, 0.5) is 4.79 Å². The van der Waals surface area contributed by atoms with E-state index in [0.717, 1.165) is 24.3 Å². The number of hydrogen-bond acceptors (Lipinski definition) is 4. The van der Waals surface area contributed by atoms with Gasteiger partial charge in [0.25, 0.3) is 0 Å². The van der Waals surface area contributed by atoms with Crippen molar-refractivity contribution in [2.45, 2.75) is 44.8 Å². The Morgan fingerprint density at radius 1 is 1.19 bits per heavy atom. The predicted octanol–water partition coefficient (Wildman–Crippen LogP) is 2.77. The van der Waals surface area contributed by atoms with E-state index >= 15 is 0 Å². The van der Waals surface area contributed by atoms with Gasteiger partial charge in [0, 0.05) is 25.7 Å². The van der Waals surface area contributed by atoms with Crippen molar-refractivity contribution in [1.29, 1.82) is 0 Å². The maximum absolute atomic E-state index is 12.0. The Kier molecular flexibility index (Phi) is 5.46. The summed E-state index contributed by atoms with van der Waals surface area (Å²) in [6, 6.07) is 10.1. The fraction of sp³-hybridized carbons (Fsp3) is 0.667. The Morgan fingerprint density at radius 3 is 2.65 bits per heavy atom. The largest absolute Gasteiger partial charge is 0.445 e. The summed E-state index contributed by atoms with van der Waals surface area (Å²) in [6.45, 7) is 6.51. The number of alkyl carbamates (subject to hydrolysis) is 1. The van der Waals surface area contributed by atoms with E-state index in [1.807, 2.05) is 30.3 Å². The van der Waals surface area contributed by atoms with Gasteiger partial charge in [0.05, 0.1) is 0 Å². The summed E-state index contributed by atoms with van der Waals surface area (Å²) >= 11 is 0. The zero-order chi connectivity index (χ0) is 17.8. The van der Waals surface area contributed by atoms with Crippen molar-refractivity contribution in [3.63, 3.8) is 0 Å². The number of carbonyl (C=O) groups is 1. The average molecular weight is 357 g/mol. The Morgan fingerprint density at radius 2 is 1.96 bits per heavy atom. The van der Waals surface area contributed by atoms with E-state index in [4.69, 9.17) is 4.74 Å². The predicted molar refractivity (Wildman–Crippen MR) is 102 cm³/mol. The molecule has 1 spiro atoms. The second-order valence-electron chi connectivity index (χ2n) is 8.51. The molecule has 1 atom stereocenters. The Balaban J connectivity index is 1.13. The maximum Gasteiger partial charge on any atom is 0.407 e. The van der Waals surface area contributed by atoms with Gasteiger partial charge in [0.15, 0.2) is 0 Å². The number of carbonyl (C=O) groups excluding carboxylic acids is 1. The van der Waals surface area contributed by atoms with E-state index in [1.165, 1.54) is 52.0 Å². The molecule has 0 aromatic heterocycles. The first-order valence-corrected chi connectivity index (χ1v) is 10.1. The zero-order valence-electron chi connectivity index (χ0n) is 15.6. The molecule has 1 saturated carbocycles. The van der Waals surface area contributed by atoms with Gasteiger partial charge in [-0.25, -0.2) is 4.79 Å². The molecule has 2 N–H and O–H groups in total. The maximum atomic E-state index is 12.0. The van der Waals surface area contributed by atoms with Crippen LogP contribution >= 0.6 is 0 Å². The number of nitrogens with zero attached hydrogens (tertiary/aromatic N) is 1. The highest BCUT2D eigenvalue weighted by Crippen LogP contribution is 2.44. The van der Waals surface area contributed by atoms with Gasteiger partial charge in [-0.15, -0.1) is 0 Å². The highest BCUT2D eigenvalue weighted by atomic mass is 16.5. The highest BCUT2D eigenvalue weighted by Gasteiger charge is 2.45. The van der Waals surface area contributed by atoms with E-state index in [0.29, 0.717) is 12.0 Å². The van der Waals surface area contributed by atoms with E-state index in [-0.39, 0.29) is 12.1 Å². The van der Waals surface area contributed by atoms with Gasteiger partial charge in [0.2, 0.25) is 0 Å². The normalized spacial score (nSPS) is 25.8. The van der Waals surface area contributed by atoms with Crippen LogP contribution in [-0.2, 0) is 11.3 Å². The molecule has 0 unspecified atom stereocenters. The number of likely N-dealkylation sites (tertiary alicyclic amines) is 1. The standard InChI is InChI=1S/C21H31N3O2/c25-20(26-14-17-4-2-1-3-5-17)23-19-6-9-21(10-7-19)15-24(16-21)13-18-8-11-22-12-18/h1-5,18-19,22H,6-16H2,(H,23,25)/t18-/m1/s1. The number of amides is 1. The molecule has 5 heteroatoms. The lowest BCUT2D eigenvalue weighted by atomic mass is 9.67. The van der Waals surface area contributed by atoms with Crippen molar-refractivity contribution in [3.05, 3.63) is 35.9 Å². The van der Waals surface area contributed by atoms with Crippen molar-refractivity contribution < 1.29 is 9.53 Å². The number of benzene rings is 1. The monoisotopic (exact) mass is 357 g/mol. The van der Waals surface area contributed by atoms with Gasteiger partial charge in [-0.2, -0.15) is 0 Å². The molecule has 0 radical (unpaired) electrons. The Hall–Kier alpha value is -1.59. The molecule has 0 bridgehead atoms. The summed E-state index contributed by atoms with van der Waals surface area (Å²) in [5.41, 5.74) is 1.55. The van der Waals surface area contributed by atoms with Gasteiger partial charge in [0.1, 0.15) is 6.61 Å². The van der Waals surface area contributed by atoms with Gasteiger partial charge in [-0.3, -0.25) is 0 Å². The summed E-state index contributed by atoms with van der Waals surface area (Å²) < 4.78 is 5.35. The SMILES string of the molecule is O=C(NC1CCC2(CC1)CN(C[C@@H]1CCNC1)C2)OCc1ccccc1. The van der Waals surface area contributed by atoms with Crippen LogP contribution < -0.4 is 10.6 Å². The molecule has 1 aromatic rings. The van der Waals surface area contributed by atoms with Crippen molar-refractivity contribution in [2.24, 2.45) is 11.3 Å². The molecule has 26 heavy (non-hydrogen) atoms. The fourth-order valence-electron chi connectivity index (χ4n) is 4.89. The molecule has 1 aliphatic carbocycles. The molecule has 2 saturated heterocycles. The summed E-state index contributed by atoms with van der Waals surface area (Å²) in [5, 5.41) is 6.52. The minimum absolute atomic E-state index is 0.275. The van der Waals surface area contributed by atoms with Crippen molar-refractivity contribution in [3.8, 4) is 0 Å². The summed E-state index contributed by atoms with van der Waals surface area (Å²) in [7, 11) is 0. The van der Waals surface area contributed by atoms with Gasteiger partial charge >= 0.3 is 6.09 Å². The third-order valence-corrected chi connectivity index (χ3v) is 6.38. The van der Waals surface area contributed by atoms with Gasteiger partial charge < -0.3 is 20.3 Å². The zero-order valence-corrected chi connectivity index (χ0v) is 15.6. The minimum Gasteiger partial charge on any atom is -0.445 e. The Labute approximate surface area is 156 Å². The number of rotatable bonds is 5. The van der Waals surface area contributed by atoms with Crippen LogP contribution in [0.3, 0.4) is 0 Å². The molecule has 5 nitrogen and oxygen atoms in total. The Bertz CT molecular complexity index is 585. The number of ether oxygens (including phenoxy) is 1. The van der Waals surface area contributed by atoms with E-state index in [2.05, 4.69) is 15.5 Å². The quantitative estimate of drug-likeness (QED) is 0.851. The first kappa shape index (κ1) is 17.8. The van der Waals surface area contributed by atoms with Crippen molar-refractivity contribution in [1.82, 2.24) is 15.5 Å². The molecule has 4 rings (SSSR count). The molecular weight excluding hydrogens is 326 g/mol. The molecule has 1 aromatic carbocycles. The second-order valence-corrected chi connectivity index (χ2v) is 8.51. The van der Waals surface area contributed by atoms with Crippen LogP contribution in [0.2, 0.25) is 0 Å². The lowest BCUT2D eigenvalue weighted by Crippen LogP contribution is -2.59. The van der Waals surface area contributed by atoms with Crippen molar-refractivity contribution >= 4 is 6.09 Å². The fourth-order valence-corrected chi connectivity index (χ4v) is 4.89. The molecule has 1 amide bonds. The molecular formula is C21H31N3O2. The van der Waals surface area contributed by atoms with Gasteiger partial charge in [-0.1, -0.05) is 30.3 Å². The number of hydrogen-bond donors (Lipinski definition) is 2. The lowest BCUT2D eigenvalue weighted by molar-refractivity contribution is -0.0399.